The van der Waals surface area contributed by atoms with Gasteiger partial charge in [0, 0.05) is 18.9 Å². The molecular weight excluding hydrogens is 476 g/mol. The smallest absolute Gasteiger partial charge is 0.256 e. The lowest BCUT2D eigenvalue weighted by Gasteiger charge is -2.25. The van der Waals surface area contributed by atoms with E-state index in [4.69, 9.17) is 4.98 Å². The van der Waals surface area contributed by atoms with Crippen LogP contribution in [0.15, 0.2) is 47.5 Å². The SMILES string of the molecule is CC(C)c1cncc(C2(c3nc4c(c(=O)[nH]3)CN(C(=O)C(O)c3cccc(C(C)(C)C)c3)CCC4)CC2)c1. The second-order valence-electron chi connectivity index (χ2n) is 12.2. The van der Waals surface area contributed by atoms with Gasteiger partial charge in [0.25, 0.3) is 11.5 Å². The van der Waals surface area contributed by atoms with Crippen LogP contribution in [0.1, 0.15) is 105 Å². The summed E-state index contributed by atoms with van der Waals surface area (Å²) in [6.45, 7) is 11.2. The highest BCUT2D eigenvalue weighted by Gasteiger charge is 2.49. The van der Waals surface area contributed by atoms with Gasteiger partial charge in [0.05, 0.1) is 23.2 Å². The predicted octanol–water partition coefficient (Wildman–Crippen LogP) is 4.67. The van der Waals surface area contributed by atoms with Gasteiger partial charge in [-0.15, -0.1) is 0 Å². The molecule has 7 heteroatoms. The quantitative estimate of drug-likeness (QED) is 0.515. The number of aromatic amines is 1. The van der Waals surface area contributed by atoms with Gasteiger partial charge in [-0.05, 0) is 59.3 Å². The molecule has 1 saturated carbocycles. The minimum Gasteiger partial charge on any atom is -0.378 e. The number of hydrogen-bond acceptors (Lipinski definition) is 5. The Labute approximate surface area is 224 Å². The average molecular weight is 515 g/mol. The molecule has 200 valence electrons. The first-order valence-electron chi connectivity index (χ1n) is 13.6. The van der Waals surface area contributed by atoms with Crippen LogP contribution in [-0.4, -0.2) is 37.4 Å². The van der Waals surface area contributed by atoms with Gasteiger partial charge >= 0.3 is 0 Å². The molecule has 1 aliphatic carbocycles. The fourth-order valence-electron chi connectivity index (χ4n) is 5.35. The predicted molar refractivity (Wildman–Crippen MR) is 147 cm³/mol. The number of benzene rings is 1. The Hall–Kier alpha value is -3.32. The van der Waals surface area contributed by atoms with Crippen molar-refractivity contribution in [2.75, 3.05) is 6.54 Å². The molecule has 5 rings (SSSR count). The number of H-pyrrole nitrogens is 1. The van der Waals surface area contributed by atoms with Crippen molar-refractivity contribution in [1.82, 2.24) is 19.9 Å². The highest BCUT2D eigenvalue weighted by Crippen LogP contribution is 2.52. The summed E-state index contributed by atoms with van der Waals surface area (Å²) in [6, 6.07) is 9.75. The number of nitrogens with zero attached hydrogens (tertiary/aromatic N) is 3. The number of aliphatic hydroxyl groups is 1. The van der Waals surface area contributed by atoms with Crippen LogP contribution in [0.4, 0.5) is 0 Å². The Morgan fingerprint density at radius 3 is 2.58 bits per heavy atom. The lowest BCUT2D eigenvalue weighted by atomic mass is 9.85. The van der Waals surface area contributed by atoms with Gasteiger partial charge in [-0.1, -0.05) is 65.0 Å². The van der Waals surface area contributed by atoms with E-state index in [1.54, 1.807) is 11.0 Å². The van der Waals surface area contributed by atoms with E-state index in [-0.39, 0.29) is 28.8 Å². The van der Waals surface area contributed by atoms with Gasteiger partial charge in [0.2, 0.25) is 0 Å². The summed E-state index contributed by atoms with van der Waals surface area (Å²) in [5.41, 5.74) is 4.56. The monoisotopic (exact) mass is 514 g/mol. The number of aromatic nitrogens is 3. The number of aliphatic hydroxyl groups excluding tert-OH is 1. The van der Waals surface area contributed by atoms with E-state index in [1.807, 2.05) is 30.6 Å². The highest BCUT2D eigenvalue weighted by molar-refractivity contribution is 5.82. The van der Waals surface area contributed by atoms with Crippen LogP contribution in [0.25, 0.3) is 0 Å². The molecular formula is C31H38N4O3. The topological polar surface area (TPSA) is 99.2 Å². The summed E-state index contributed by atoms with van der Waals surface area (Å²) in [5, 5.41) is 11.0. The molecule has 0 radical (unpaired) electrons. The zero-order valence-corrected chi connectivity index (χ0v) is 23.0. The summed E-state index contributed by atoms with van der Waals surface area (Å²) in [6.07, 6.45) is 5.65. The number of carbonyl (C=O) groups excluding carboxylic acids is 1. The largest absolute Gasteiger partial charge is 0.378 e. The summed E-state index contributed by atoms with van der Waals surface area (Å²) in [7, 11) is 0. The first-order valence-corrected chi connectivity index (χ1v) is 13.6. The second kappa shape index (κ2) is 9.77. The minimum atomic E-state index is -1.28. The summed E-state index contributed by atoms with van der Waals surface area (Å²) in [5.74, 6) is 0.678. The fraction of sp³-hybridized carbons (Fsp3) is 0.484. The zero-order chi connectivity index (χ0) is 27.2. The summed E-state index contributed by atoms with van der Waals surface area (Å²) >= 11 is 0. The van der Waals surface area contributed by atoms with Crippen LogP contribution < -0.4 is 5.56 Å². The first kappa shape index (κ1) is 26.3. The maximum absolute atomic E-state index is 13.4. The van der Waals surface area contributed by atoms with Gasteiger partial charge in [0.1, 0.15) is 5.82 Å². The van der Waals surface area contributed by atoms with Gasteiger partial charge in [-0.25, -0.2) is 4.98 Å². The second-order valence-corrected chi connectivity index (χ2v) is 12.2. The number of hydrogen-bond donors (Lipinski definition) is 2. The molecule has 3 heterocycles. The van der Waals surface area contributed by atoms with Crippen LogP contribution in [-0.2, 0) is 28.6 Å². The van der Waals surface area contributed by atoms with Crippen molar-refractivity contribution >= 4 is 5.91 Å². The molecule has 38 heavy (non-hydrogen) atoms. The Balaban J connectivity index is 1.41. The van der Waals surface area contributed by atoms with E-state index >= 15 is 0 Å². The molecule has 1 aliphatic heterocycles. The third kappa shape index (κ3) is 4.92. The van der Waals surface area contributed by atoms with Crippen LogP contribution in [0.5, 0.6) is 0 Å². The number of pyridine rings is 1. The molecule has 7 nitrogen and oxygen atoms in total. The maximum atomic E-state index is 13.4. The number of fused-ring (bicyclic) bond motifs is 1. The number of nitrogens with one attached hydrogen (secondary N) is 1. The third-order valence-corrected chi connectivity index (χ3v) is 8.09. The van der Waals surface area contributed by atoms with Crippen LogP contribution in [0, 0.1) is 0 Å². The molecule has 2 N–H and O–H groups in total. The normalized spacial score (nSPS) is 17.6. The molecule has 1 aromatic carbocycles. The maximum Gasteiger partial charge on any atom is 0.256 e. The van der Waals surface area contributed by atoms with Crippen molar-refractivity contribution in [2.45, 2.75) is 89.7 Å². The van der Waals surface area contributed by atoms with E-state index < -0.39 is 6.10 Å². The average Bonchev–Trinajstić information content (AvgIpc) is 3.72. The molecule has 1 fully saturated rings. The van der Waals surface area contributed by atoms with Crippen molar-refractivity contribution in [1.29, 1.82) is 0 Å². The van der Waals surface area contributed by atoms with Gasteiger partial charge in [0.15, 0.2) is 6.10 Å². The Morgan fingerprint density at radius 2 is 1.89 bits per heavy atom. The number of amides is 1. The highest BCUT2D eigenvalue weighted by atomic mass is 16.3. The molecule has 1 atom stereocenters. The number of carbonyl (C=O) groups is 1. The van der Waals surface area contributed by atoms with E-state index in [9.17, 15) is 14.7 Å². The Bertz CT molecular complexity index is 1420. The Morgan fingerprint density at radius 1 is 1.13 bits per heavy atom. The van der Waals surface area contributed by atoms with E-state index in [0.29, 0.717) is 42.3 Å². The van der Waals surface area contributed by atoms with Gasteiger partial charge in [-0.3, -0.25) is 14.6 Å². The number of aryl methyl sites for hydroxylation is 1. The molecule has 0 spiro atoms. The van der Waals surface area contributed by atoms with Gasteiger partial charge < -0.3 is 15.0 Å². The summed E-state index contributed by atoms with van der Waals surface area (Å²) < 4.78 is 0. The molecule has 1 amide bonds. The standard InChI is InChI=1S/C31H38N4O3/c1-19(2)21-15-23(17-32-16-21)31(11-12-31)29-33-25-10-7-13-35(18-24(25)27(37)34-29)28(38)26(36)20-8-6-9-22(14-20)30(3,4)5/h6,8-9,14-17,19,26,36H,7,10-13,18H2,1-5H3,(H,33,34,37). The van der Waals surface area contributed by atoms with Crippen LogP contribution >= 0.6 is 0 Å². The van der Waals surface area contributed by atoms with Crippen LogP contribution in [0.2, 0.25) is 0 Å². The first-order chi connectivity index (χ1) is 18.0. The van der Waals surface area contributed by atoms with Crippen molar-refractivity contribution in [3.8, 4) is 0 Å². The Kier molecular flexibility index (Phi) is 6.76. The van der Waals surface area contributed by atoms with E-state index in [1.165, 1.54) is 5.56 Å². The third-order valence-electron chi connectivity index (χ3n) is 8.09. The molecule has 1 unspecified atom stereocenters. The fourth-order valence-corrected chi connectivity index (χ4v) is 5.35. The van der Waals surface area contributed by atoms with E-state index in [0.717, 1.165) is 29.7 Å². The molecule has 0 bridgehead atoms. The number of rotatable bonds is 5. The zero-order valence-electron chi connectivity index (χ0n) is 23.0. The molecule has 0 saturated heterocycles. The molecule has 2 aliphatic rings. The van der Waals surface area contributed by atoms with Crippen molar-refractivity contribution in [3.63, 3.8) is 0 Å². The lowest BCUT2D eigenvalue weighted by Crippen LogP contribution is -2.36. The molecule has 3 aromatic rings. The molecule has 2 aromatic heterocycles. The van der Waals surface area contributed by atoms with Crippen molar-refractivity contribution in [2.24, 2.45) is 0 Å². The minimum absolute atomic E-state index is 0.0952. The lowest BCUT2D eigenvalue weighted by molar-refractivity contribution is -0.141. The van der Waals surface area contributed by atoms with Crippen molar-refractivity contribution < 1.29 is 9.90 Å². The van der Waals surface area contributed by atoms with Gasteiger partial charge in [-0.2, -0.15) is 0 Å². The van der Waals surface area contributed by atoms with Crippen LogP contribution in [0.3, 0.4) is 0 Å². The summed E-state index contributed by atoms with van der Waals surface area (Å²) in [4.78, 5) is 40.8. The van der Waals surface area contributed by atoms with Crippen molar-refractivity contribution in [3.05, 3.63) is 92.4 Å². The van der Waals surface area contributed by atoms with E-state index in [2.05, 4.69) is 50.7 Å².